The van der Waals surface area contributed by atoms with Gasteiger partial charge in [0.1, 0.15) is 5.75 Å². The molecule has 7 heteroatoms. The number of nitrogens with zero attached hydrogens (tertiary/aromatic N) is 2. The molecule has 0 saturated carbocycles. The normalized spacial score (nSPS) is 10.5. The minimum atomic E-state index is -0.252. The molecule has 0 radical (unpaired) electrons. The molecule has 3 rings (SSSR count). The molecular formula is C16H15N3O2S2. The molecule has 0 aliphatic carbocycles. The maximum Gasteiger partial charge on any atom is 0.264 e. The maximum atomic E-state index is 12.0. The Morgan fingerprint density at radius 1 is 1.22 bits per heavy atom. The Balaban J connectivity index is 1.58. The molecule has 0 aliphatic rings. The quantitative estimate of drug-likeness (QED) is 0.762. The molecule has 0 atom stereocenters. The van der Waals surface area contributed by atoms with Gasteiger partial charge >= 0.3 is 0 Å². The molecule has 2 heterocycles. The molecule has 0 unspecified atom stereocenters. The van der Waals surface area contributed by atoms with Gasteiger partial charge in [0, 0.05) is 16.4 Å². The Morgan fingerprint density at radius 2 is 2.04 bits per heavy atom. The molecule has 0 fully saturated rings. The third kappa shape index (κ3) is 3.94. The van der Waals surface area contributed by atoms with Crippen LogP contribution in [0.25, 0.3) is 10.7 Å². The van der Waals surface area contributed by atoms with Crippen LogP contribution in [0.3, 0.4) is 0 Å². The SMILES string of the molecule is Cc1ccc(-c2nsc(NC(=O)COc3ccccc3C)n2)s1. The van der Waals surface area contributed by atoms with Crippen LogP contribution in [-0.2, 0) is 4.79 Å². The van der Waals surface area contributed by atoms with E-state index < -0.39 is 0 Å². The van der Waals surface area contributed by atoms with Gasteiger partial charge in [-0.15, -0.1) is 11.3 Å². The van der Waals surface area contributed by atoms with Gasteiger partial charge in [0.15, 0.2) is 12.4 Å². The Kier molecular flexibility index (Phi) is 4.68. The van der Waals surface area contributed by atoms with E-state index in [0.717, 1.165) is 22.0 Å². The van der Waals surface area contributed by atoms with Gasteiger partial charge in [0.2, 0.25) is 5.13 Å². The van der Waals surface area contributed by atoms with E-state index in [1.54, 1.807) is 11.3 Å². The van der Waals surface area contributed by atoms with Crippen molar-refractivity contribution >= 4 is 33.9 Å². The van der Waals surface area contributed by atoms with Crippen molar-refractivity contribution in [1.29, 1.82) is 0 Å². The first-order valence-corrected chi connectivity index (χ1v) is 8.59. The summed E-state index contributed by atoms with van der Waals surface area (Å²) in [5.41, 5.74) is 0.992. The van der Waals surface area contributed by atoms with E-state index in [1.807, 2.05) is 50.2 Å². The molecule has 0 bridgehead atoms. The summed E-state index contributed by atoms with van der Waals surface area (Å²) in [5, 5.41) is 3.19. The third-order valence-corrected chi connectivity index (χ3v) is 4.71. The number of aromatic nitrogens is 2. The topological polar surface area (TPSA) is 64.1 Å². The molecule has 2 aromatic heterocycles. The number of nitrogens with one attached hydrogen (secondary N) is 1. The summed E-state index contributed by atoms with van der Waals surface area (Å²) in [4.78, 5) is 18.5. The number of anilines is 1. The summed E-state index contributed by atoms with van der Waals surface area (Å²) in [6.07, 6.45) is 0. The molecule has 1 N–H and O–H groups in total. The van der Waals surface area contributed by atoms with Gasteiger partial charge in [-0.1, -0.05) is 18.2 Å². The summed E-state index contributed by atoms with van der Waals surface area (Å²) in [6, 6.07) is 11.6. The number of hydrogen-bond acceptors (Lipinski definition) is 6. The second-order valence-electron chi connectivity index (χ2n) is 4.94. The number of carbonyl (C=O) groups is 1. The molecule has 1 aromatic carbocycles. The molecule has 118 valence electrons. The zero-order valence-electron chi connectivity index (χ0n) is 12.7. The van der Waals surface area contributed by atoms with Gasteiger partial charge in [-0.2, -0.15) is 9.36 Å². The Hall–Kier alpha value is -2.25. The van der Waals surface area contributed by atoms with Crippen molar-refractivity contribution in [3.8, 4) is 16.5 Å². The lowest BCUT2D eigenvalue weighted by molar-refractivity contribution is -0.118. The standard InChI is InChI=1S/C16H15N3O2S2/c1-10-5-3-4-6-12(10)21-9-14(20)17-16-18-15(19-23-16)13-8-7-11(2)22-13/h3-8H,9H2,1-2H3,(H,17,18,19,20). The fourth-order valence-electron chi connectivity index (χ4n) is 1.95. The lowest BCUT2D eigenvalue weighted by atomic mass is 10.2. The van der Waals surface area contributed by atoms with Crippen LogP contribution >= 0.6 is 22.9 Å². The van der Waals surface area contributed by atoms with Crippen LogP contribution < -0.4 is 10.1 Å². The lowest BCUT2D eigenvalue weighted by Crippen LogP contribution is -2.20. The van der Waals surface area contributed by atoms with Crippen LogP contribution in [0.5, 0.6) is 5.75 Å². The Bertz CT molecular complexity index is 826. The number of para-hydroxylation sites is 1. The van der Waals surface area contributed by atoms with E-state index in [2.05, 4.69) is 14.7 Å². The molecule has 0 saturated heterocycles. The third-order valence-electron chi connectivity index (χ3n) is 3.09. The highest BCUT2D eigenvalue weighted by Crippen LogP contribution is 2.27. The summed E-state index contributed by atoms with van der Waals surface area (Å²) < 4.78 is 9.78. The van der Waals surface area contributed by atoms with Crippen molar-refractivity contribution in [2.75, 3.05) is 11.9 Å². The predicted octanol–water partition coefficient (Wildman–Crippen LogP) is 3.90. The molecule has 1 amide bonds. The molecule has 0 aliphatic heterocycles. The number of ether oxygens (including phenoxy) is 1. The number of aryl methyl sites for hydroxylation is 2. The molecular weight excluding hydrogens is 330 g/mol. The summed E-state index contributed by atoms with van der Waals surface area (Å²) >= 11 is 2.79. The summed E-state index contributed by atoms with van der Waals surface area (Å²) in [5.74, 6) is 1.09. The van der Waals surface area contributed by atoms with Crippen LogP contribution in [-0.4, -0.2) is 21.9 Å². The van der Waals surface area contributed by atoms with Crippen LogP contribution in [0.4, 0.5) is 5.13 Å². The highest BCUT2D eigenvalue weighted by Gasteiger charge is 2.11. The predicted molar refractivity (Wildman–Crippen MR) is 93.3 cm³/mol. The average Bonchev–Trinajstić information content (AvgIpc) is 3.15. The van der Waals surface area contributed by atoms with Gasteiger partial charge in [-0.25, -0.2) is 0 Å². The lowest BCUT2D eigenvalue weighted by Gasteiger charge is -2.07. The average molecular weight is 345 g/mol. The number of hydrogen-bond donors (Lipinski definition) is 1. The van der Waals surface area contributed by atoms with Crippen molar-refractivity contribution in [2.45, 2.75) is 13.8 Å². The van der Waals surface area contributed by atoms with E-state index >= 15 is 0 Å². The van der Waals surface area contributed by atoms with Crippen LogP contribution in [0.1, 0.15) is 10.4 Å². The van der Waals surface area contributed by atoms with Crippen LogP contribution in [0.2, 0.25) is 0 Å². The van der Waals surface area contributed by atoms with Crippen molar-refractivity contribution in [2.24, 2.45) is 0 Å². The zero-order chi connectivity index (χ0) is 16.2. The van der Waals surface area contributed by atoms with E-state index in [0.29, 0.717) is 16.7 Å². The molecule has 3 aromatic rings. The zero-order valence-corrected chi connectivity index (χ0v) is 14.3. The fraction of sp³-hybridized carbons (Fsp3) is 0.188. The monoisotopic (exact) mass is 345 g/mol. The maximum absolute atomic E-state index is 12.0. The minimum Gasteiger partial charge on any atom is -0.483 e. The van der Waals surface area contributed by atoms with Gasteiger partial charge < -0.3 is 4.74 Å². The second-order valence-corrected chi connectivity index (χ2v) is 6.98. The van der Waals surface area contributed by atoms with Crippen molar-refractivity contribution in [1.82, 2.24) is 9.36 Å². The molecule has 0 spiro atoms. The summed E-state index contributed by atoms with van der Waals surface area (Å²) in [6.45, 7) is 3.91. The minimum absolute atomic E-state index is 0.0577. The van der Waals surface area contributed by atoms with Crippen LogP contribution in [0, 0.1) is 13.8 Å². The van der Waals surface area contributed by atoms with E-state index in [1.165, 1.54) is 4.88 Å². The highest BCUT2D eigenvalue weighted by molar-refractivity contribution is 7.15. The van der Waals surface area contributed by atoms with Crippen molar-refractivity contribution in [3.05, 3.63) is 46.8 Å². The fourth-order valence-corrected chi connectivity index (χ4v) is 3.40. The number of thiophene rings is 1. The van der Waals surface area contributed by atoms with Gasteiger partial charge in [0.25, 0.3) is 5.91 Å². The first-order valence-electron chi connectivity index (χ1n) is 7.00. The van der Waals surface area contributed by atoms with Crippen molar-refractivity contribution < 1.29 is 9.53 Å². The van der Waals surface area contributed by atoms with Crippen molar-refractivity contribution in [3.63, 3.8) is 0 Å². The molecule has 5 nitrogen and oxygen atoms in total. The Labute approximate surface area is 142 Å². The van der Waals surface area contributed by atoms with E-state index in [-0.39, 0.29) is 12.5 Å². The summed E-state index contributed by atoms with van der Waals surface area (Å²) in [7, 11) is 0. The number of benzene rings is 1. The Morgan fingerprint density at radius 3 is 2.78 bits per heavy atom. The van der Waals surface area contributed by atoms with E-state index in [4.69, 9.17) is 4.74 Å². The molecule has 23 heavy (non-hydrogen) atoms. The van der Waals surface area contributed by atoms with Gasteiger partial charge in [0.05, 0.1) is 4.88 Å². The number of amides is 1. The van der Waals surface area contributed by atoms with E-state index in [9.17, 15) is 4.79 Å². The number of rotatable bonds is 5. The number of carbonyl (C=O) groups excluding carboxylic acids is 1. The second kappa shape index (κ2) is 6.89. The highest BCUT2D eigenvalue weighted by atomic mass is 32.1. The van der Waals surface area contributed by atoms with Crippen LogP contribution in [0.15, 0.2) is 36.4 Å². The van der Waals surface area contributed by atoms with Gasteiger partial charge in [-0.05, 0) is 37.6 Å². The first kappa shape index (κ1) is 15.6. The largest absolute Gasteiger partial charge is 0.483 e. The van der Waals surface area contributed by atoms with Gasteiger partial charge in [-0.3, -0.25) is 10.1 Å². The first-order chi connectivity index (χ1) is 11.1. The smallest absolute Gasteiger partial charge is 0.264 e.